The monoisotopic (exact) mass is 852 g/mol. The van der Waals surface area contributed by atoms with E-state index < -0.39 is 18.2 Å². The van der Waals surface area contributed by atoms with Crippen molar-refractivity contribution >= 4 is 11.9 Å². The maximum Gasteiger partial charge on any atom is 0.306 e. The number of unbranched alkanes of at least 4 members (excludes halogenated alkanes) is 25. The Morgan fingerprint density at radius 1 is 0.475 bits per heavy atom. The van der Waals surface area contributed by atoms with E-state index in [9.17, 15) is 19.8 Å². The lowest BCUT2D eigenvalue weighted by Crippen LogP contribution is -2.46. The molecule has 352 valence electrons. The van der Waals surface area contributed by atoms with Crippen LogP contribution >= 0.6 is 0 Å². The van der Waals surface area contributed by atoms with Crippen molar-refractivity contribution in [2.75, 3.05) is 6.61 Å². The van der Waals surface area contributed by atoms with E-state index in [4.69, 9.17) is 4.74 Å². The molecule has 6 nitrogen and oxygen atoms in total. The van der Waals surface area contributed by atoms with Gasteiger partial charge in [-0.25, -0.2) is 0 Å². The van der Waals surface area contributed by atoms with Crippen molar-refractivity contribution in [1.82, 2.24) is 5.32 Å². The number of ether oxygens (including phenoxy) is 1. The molecule has 3 atom stereocenters. The lowest BCUT2D eigenvalue weighted by molar-refractivity contribution is -0.151. The summed E-state index contributed by atoms with van der Waals surface area (Å²) in [5.41, 5.74) is 0. The lowest BCUT2D eigenvalue weighted by Gasteiger charge is -2.24. The Balaban J connectivity index is 4.64. The number of amides is 1. The van der Waals surface area contributed by atoms with Crippen LogP contribution in [0.1, 0.15) is 239 Å². The van der Waals surface area contributed by atoms with Crippen LogP contribution in [0.25, 0.3) is 0 Å². The molecule has 0 heterocycles. The van der Waals surface area contributed by atoms with Crippen LogP contribution in [0.4, 0.5) is 0 Å². The van der Waals surface area contributed by atoms with E-state index in [1.54, 1.807) is 0 Å². The van der Waals surface area contributed by atoms with Crippen LogP contribution in [0.5, 0.6) is 0 Å². The largest absolute Gasteiger partial charge is 0.462 e. The van der Waals surface area contributed by atoms with Crippen molar-refractivity contribution in [3.8, 4) is 0 Å². The number of hydrogen-bond donors (Lipinski definition) is 3. The minimum Gasteiger partial charge on any atom is -0.462 e. The van der Waals surface area contributed by atoms with Crippen LogP contribution in [0.3, 0.4) is 0 Å². The first-order chi connectivity index (χ1) is 30.0. The molecule has 0 bridgehead atoms. The van der Waals surface area contributed by atoms with E-state index in [0.29, 0.717) is 19.3 Å². The zero-order valence-electron chi connectivity index (χ0n) is 40.0. The molecule has 3 unspecified atom stereocenters. The van der Waals surface area contributed by atoms with Gasteiger partial charge in [-0.05, 0) is 64.2 Å². The SMILES string of the molecule is CCC/C=C/C=C/C=C/C=C/C=C/CCCCCCCC(=O)OC(CCC/C=C\CCCCCCCCC)CC(=O)NC(CO)C(O)CCCCCCCCCCCCCC. The average Bonchev–Trinajstić information content (AvgIpc) is 3.25. The maximum absolute atomic E-state index is 13.2. The second kappa shape index (κ2) is 48.3. The molecule has 3 N–H and O–H groups in total. The van der Waals surface area contributed by atoms with Gasteiger partial charge in [0.2, 0.25) is 5.91 Å². The highest BCUT2D eigenvalue weighted by molar-refractivity contribution is 5.77. The number of esters is 1. The zero-order valence-corrected chi connectivity index (χ0v) is 40.0. The van der Waals surface area contributed by atoms with Gasteiger partial charge in [-0.2, -0.15) is 0 Å². The van der Waals surface area contributed by atoms with Crippen molar-refractivity contribution in [2.24, 2.45) is 0 Å². The zero-order chi connectivity index (χ0) is 44.5. The van der Waals surface area contributed by atoms with Crippen LogP contribution in [0.2, 0.25) is 0 Å². The van der Waals surface area contributed by atoms with Gasteiger partial charge in [0.15, 0.2) is 0 Å². The number of carbonyl (C=O) groups is 2. The van der Waals surface area contributed by atoms with E-state index in [-0.39, 0.29) is 24.9 Å². The standard InChI is InChI=1S/C55H97NO5/c1-4-7-10-13-16-19-22-25-26-27-28-29-30-33-36-39-42-45-48-55(60)61-51(46-43-40-37-34-31-23-20-17-14-11-8-5-2)49-54(59)56-52(50-57)53(58)47-44-41-38-35-32-24-21-18-15-12-9-6-3/h10,13,16,19,22,25-29,34,37,51-53,57-58H,4-9,11-12,14-15,17-18,20-21,23-24,30-33,35-36,38-50H2,1-3H3,(H,56,59)/b13-10+,19-16+,25-22+,27-26+,29-28+,37-34-. The third-order valence-corrected chi connectivity index (χ3v) is 11.4. The summed E-state index contributed by atoms with van der Waals surface area (Å²) in [7, 11) is 0. The second-order valence-electron chi connectivity index (χ2n) is 17.3. The summed E-state index contributed by atoms with van der Waals surface area (Å²) in [6.07, 6.45) is 61.0. The summed E-state index contributed by atoms with van der Waals surface area (Å²) in [5, 5.41) is 23.7. The normalized spacial score (nSPS) is 13.9. The fourth-order valence-electron chi connectivity index (χ4n) is 7.46. The molecule has 0 radical (unpaired) electrons. The van der Waals surface area contributed by atoms with Gasteiger partial charge in [-0.3, -0.25) is 9.59 Å². The minimum atomic E-state index is -0.801. The highest BCUT2D eigenvalue weighted by Crippen LogP contribution is 2.17. The van der Waals surface area contributed by atoms with Crippen LogP contribution in [0, 0.1) is 0 Å². The van der Waals surface area contributed by atoms with Crippen molar-refractivity contribution in [2.45, 2.75) is 257 Å². The van der Waals surface area contributed by atoms with Gasteiger partial charge in [0, 0.05) is 6.42 Å². The second-order valence-corrected chi connectivity index (χ2v) is 17.3. The fourth-order valence-corrected chi connectivity index (χ4v) is 7.46. The smallest absolute Gasteiger partial charge is 0.306 e. The van der Waals surface area contributed by atoms with Crippen LogP contribution < -0.4 is 5.32 Å². The maximum atomic E-state index is 13.2. The Morgan fingerprint density at radius 2 is 0.902 bits per heavy atom. The van der Waals surface area contributed by atoms with Crippen molar-refractivity contribution in [3.63, 3.8) is 0 Å². The van der Waals surface area contributed by atoms with Crippen molar-refractivity contribution in [1.29, 1.82) is 0 Å². The number of carbonyl (C=O) groups excluding carboxylic acids is 2. The van der Waals surface area contributed by atoms with E-state index in [1.165, 1.54) is 109 Å². The van der Waals surface area contributed by atoms with E-state index in [2.05, 4.69) is 74.7 Å². The molecule has 0 aliphatic rings. The summed E-state index contributed by atoms with van der Waals surface area (Å²) in [6.45, 7) is 6.37. The van der Waals surface area contributed by atoms with Crippen molar-refractivity contribution in [3.05, 3.63) is 72.9 Å². The molecule has 0 aromatic heterocycles. The molecule has 0 rings (SSSR count). The van der Waals surface area contributed by atoms with Gasteiger partial charge in [0.05, 0.1) is 25.2 Å². The van der Waals surface area contributed by atoms with Gasteiger partial charge in [-0.15, -0.1) is 0 Å². The van der Waals surface area contributed by atoms with Crippen LogP contribution in [-0.2, 0) is 14.3 Å². The molecule has 0 aliphatic heterocycles. The highest BCUT2D eigenvalue weighted by atomic mass is 16.5. The quantitative estimate of drug-likeness (QED) is 0.0245. The molecule has 61 heavy (non-hydrogen) atoms. The summed E-state index contributed by atoms with van der Waals surface area (Å²) in [5.74, 6) is -0.533. The fraction of sp³-hybridized carbons (Fsp3) is 0.745. The molecule has 1 amide bonds. The Hall–Kier alpha value is -2.70. The Morgan fingerprint density at radius 3 is 1.41 bits per heavy atom. The Bertz CT molecular complexity index is 1140. The van der Waals surface area contributed by atoms with Gasteiger partial charge in [-0.1, -0.05) is 235 Å². The predicted octanol–water partition coefficient (Wildman–Crippen LogP) is 15.4. The molecule has 0 aliphatic carbocycles. The average molecular weight is 852 g/mol. The summed E-state index contributed by atoms with van der Waals surface area (Å²) in [6, 6.07) is -0.717. The number of hydrogen-bond acceptors (Lipinski definition) is 5. The first-order valence-corrected chi connectivity index (χ1v) is 25.7. The first-order valence-electron chi connectivity index (χ1n) is 25.7. The van der Waals surface area contributed by atoms with Gasteiger partial charge < -0.3 is 20.3 Å². The summed E-state index contributed by atoms with van der Waals surface area (Å²) < 4.78 is 5.90. The predicted molar refractivity (Wildman–Crippen MR) is 264 cm³/mol. The Labute approximate surface area is 377 Å². The number of allylic oxidation sites excluding steroid dienone is 12. The molecule has 0 aromatic carbocycles. The third kappa shape index (κ3) is 43.7. The van der Waals surface area contributed by atoms with Gasteiger partial charge in [0.25, 0.3) is 0 Å². The lowest BCUT2D eigenvalue weighted by atomic mass is 10.0. The summed E-state index contributed by atoms with van der Waals surface area (Å²) in [4.78, 5) is 26.1. The number of nitrogens with one attached hydrogen (secondary N) is 1. The molecular weight excluding hydrogens is 755 g/mol. The molecule has 0 spiro atoms. The van der Waals surface area contributed by atoms with Crippen LogP contribution in [-0.4, -0.2) is 46.9 Å². The number of aliphatic hydroxyl groups excluding tert-OH is 2. The molecular formula is C55H97NO5. The Kier molecular flexibility index (Phi) is 46.2. The number of aliphatic hydroxyl groups is 2. The summed E-state index contributed by atoms with van der Waals surface area (Å²) >= 11 is 0. The molecule has 6 heteroatoms. The minimum absolute atomic E-state index is 0.0437. The van der Waals surface area contributed by atoms with Gasteiger partial charge >= 0.3 is 5.97 Å². The van der Waals surface area contributed by atoms with E-state index >= 15 is 0 Å². The van der Waals surface area contributed by atoms with Crippen LogP contribution in [0.15, 0.2) is 72.9 Å². The molecule has 0 aromatic rings. The topological polar surface area (TPSA) is 95.9 Å². The van der Waals surface area contributed by atoms with E-state index in [0.717, 1.165) is 83.5 Å². The molecule has 0 saturated heterocycles. The van der Waals surface area contributed by atoms with E-state index in [1.807, 2.05) is 24.3 Å². The van der Waals surface area contributed by atoms with Gasteiger partial charge in [0.1, 0.15) is 6.10 Å². The molecule has 0 fully saturated rings. The first kappa shape index (κ1) is 58.3. The third-order valence-electron chi connectivity index (χ3n) is 11.4. The van der Waals surface area contributed by atoms with Crippen molar-refractivity contribution < 1.29 is 24.5 Å². The number of rotatable bonds is 45. The molecule has 0 saturated carbocycles. The highest BCUT2D eigenvalue weighted by Gasteiger charge is 2.24.